The third kappa shape index (κ3) is 7.56. The van der Waals surface area contributed by atoms with E-state index in [1.54, 1.807) is 24.3 Å². The van der Waals surface area contributed by atoms with Crippen LogP contribution in [0.3, 0.4) is 0 Å². The zero-order chi connectivity index (χ0) is 28.3. The zero-order valence-corrected chi connectivity index (χ0v) is 23.2. The summed E-state index contributed by atoms with van der Waals surface area (Å²) in [5.74, 6) is -0.435. The predicted molar refractivity (Wildman–Crippen MR) is 157 cm³/mol. The molecule has 0 bridgehead atoms. The summed E-state index contributed by atoms with van der Waals surface area (Å²) in [6, 6.07) is 16.8. The second-order valence-electron chi connectivity index (χ2n) is 9.72. The molecule has 0 atom stereocenters. The molecule has 0 unspecified atom stereocenters. The number of carbonyl (C=O) groups is 3. The predicted octanol–water partition coefficient (Wildman–Crippen LogP) is 4.00. The quantitative estimate of drug-likeness (QED) is 0.270. The van der Waals surface area contributed by atoms with E-state index in [9.17, 15) is 14.4 Å². The summed E-state index contributed by atoms with van der Waals surface area (Å²) >= 11 is 0. The van der Waals surface area contributed by atoms with Gasteiger partial charge in [0.15, 0.2) is 5.76 Å². The lowest BCUT2D eigenvalue weighted by Gasteiger charge is -2.38. The van der Waals surface area contributed by atoms with Gasteiger partial charge in [-0.1, -0.05) is 25.1 Å². The first-order chi connectivity index (χ1) is 19.5. The van der Waals surface area contributed by atoms with E-state index >= 15 is 0 Å². The number of aryl methyl sites for hydroxylation is 1. The van der Waals surface area contributed by atoms with Gasteiger partial charge < -0.3 is 35.5 Å². The zero-order valence-electron chi connectivity index (χ0n) is 23.2. The van der Waals surface area contributed by atoms with Gasteiger partial charge in [-0.25, -0.2) is 4.79 Å². The number of furan rings is 1. The molecule has 1 saturated heterocycles. The van der Waals surface area contributed by atoms with Crippen molar-refractivity contribution in [2.75, 3.05) is 60.9 Å². The van der Waals surface area contributed by atoms with Crippen LogP contribution in [0.1, 0.15) is 46.2 Å². The lowest BCUT2D eigenvalue weighted by atomic mass is 10.1. The Morgan fingerprint density at radius 2 is 1.50 bits per heavy atom. The molecule has 40 heavy (non-hydrogen) atoms. The molecule has 0 radical (unpaired) electrons. The van der Waals surface area contributed by atoms with Crippen LogP contribution in [0.25, 0.3) is 0 Å². The van der Waals surface area contributed by atoms with Crippen molar-refractivity contribution in [2.45, 2.75) is 26.7 Å². The molecule has 212 valence electrons. The van der Waals surface area contributed by atoms with E-state index in [0.717, 1.165) is 38.3 Å². The molecule has 2 aromatic carbocycles. The van der Waals surface area contributed by atoms with Gasteiger partial charge in [0, 0.05) is 57.1 Å². The summed E-state index contributed by atoms with van der Waals surface area (Å²) < 4.78 is 5.27. The molecule has 1 aromatic heterocycles. The number of para-hydroxylation sites is 1. The van der Waals surface area contributed by atoms with E-state index < -0.39 is 0 Å². The smallest absolute Gasteiger partial charge is 0.314 e. The average Bonchev–Trinajstić information content (AvgIpc) is 3.52. The Hall–Kier alpha value is -4.47. The van der Waals surface area contributed by atoms with Crippen molar-refractivity contribution in [3.8, 4) is 0 Å². The minimum absolute atomic E-state index is 0.195. The third-order valence-electron chi connectivity index (χ3n) is 6.79. The standard InChI is InChI=1S/C30H38N6O4/c1-3-13-32-30(39)33-15-7-14-31-28(37)23-11-12-26(24(21-23)34-29(38)27-10-6-20-40-27)36-18-16-35(17-19-36)25-9-5-4-8-22(25)2/h4-6,8-12,20-21H,3,7,13-19H2,1-2H3,(H,31,37)(H,34,38)(H2,32,33,39). The van der Waals surface area contributed by atoms with E-state index in [-0.39, 0.29) is 23.6 Å². The third-order valence-corrected chi connectivity index (χ3v) is 6.79. The van der Waals surface area contributed by atoms with Gasteiger partial charge in [-0.3, -0.25) is 9.59 Å². The summed E-state index contributed by atoms with van der Waals surface area (Å²) in [6.45, 7) is 8.80. The maximum Gasteiger partial charge on any atom is 0.314 e. The van der Waals surface area contributed by atoms with Crippen molar-refractivity contribution >= 4 is 34.9 Å². The molecule has 2 heterocycles. The molecule has 1 fully saturated rings. The first kappa shape index (κ1) is 28.5. The number of nitrogens with zero attached hydrogens (tertiary/aromatic N) is 2. The number of rotatable bonds is 11. The normalized spacial score (nSPS) is 13.1. The second-order valence-corrected chi connectivity index (χ2v) is 9.72. The minimum atomic E-state index is -0.380. The van der Waals surface area contributed by atoms with Crippen molar-refractivity contribution in [3.05, 3.63) is 77.7 Å². The van der Waals surface area contributed by atoms with Crippen LogP contribution in [0.2, 0.25) is 0 Å². The average molecular weight is 547 g/mol. The Kier molecular flexibility index (Phi) is 10.0. The van der Waals surface area contributed by atoms with Crippen molar-refractivity contribution in [3.63, 3.8) is 0 Å². The highest BCUT2D eigenvalue weighted by Crippen LogP contribution is 2.30. The number of benzene rings is 2. The molecule has 10 nitrogen and oxygen atoms in total. The fourth-order valence-corrected chi connectivity index (χ4v) is 4.65. The van der Waals surface area contributed by atoms with Crippen LogP contribution in [0.4, 0.5) is 21.9 Å². The van der Waals surface area contributed by atoms with Gasteiger partial charge in [-0.15, -0.1) is 0 Å². The number of hydrogen-bond donors (Lipinski definition) is 4. The molecular formula is C30H38N6O4. The molecule has 10 heteroatoms. The number of anilines is 3. The molecule has 4 N–H and O–H groups in total. The van der Waals surface area contributed by atoms with Crippen LogP contribution in [0.15, 0.2) is 65.3 Å². The second kappa shape index (κ2) is 14.1. The van der Waals surface area contributed by atoms with E-state index in [1.807, 2.05) is 19.1 Å². The summed E-state index contributed by atoms with van der Waals surface area (Å²) in [7, 11) is 0. The van der Waals surface area contributed by atoms with E-state index in [0.29, 0.717) is 37.3 Å². The topological polar surface area (TPSA) is 119 Å². The number of urea groups is 1. The van der Waals surface area contributed by atoms with Crippen molar-refractivity contribution in [2.24, 2.45) is 0 Å². The lowest BCUT2D eigenvalue weighted by Crippen LogP contribution is -2.47. The van der Waals surface area contributed by atoms with Gasteiger partial charge in [-0.05, 0) is 61.7 Å². The molecule has 0 spiro atoms. The molecule has 0 saturated carbocycles. The maximum absolute atomic E-state index is 12.9. The summed E-state index contributed by atoms with van der Waals surface area (Å²) in [5.41, 5.74) is 4.31. The fraction of sp³-hybridized carbons (Fsp3) is 0.367. The molecule has 4 rings (SSSR count). The van der Waals surface area contributed by atoms with Crippen LogP contribution in [-0.2, 0) is 0 Å². The van der Waals surface area contributed by atoms with Gasteiger partial charge in [0.25, 0.3) is 11.8 Å². The lowest BCUT2D eigenvalue weighted by molar-refractivity contribution is 0.0951. The van der Waals surface area contributed by atoms with E-state index in [1.165, 1.54) is 17.5 Å². The fourth-order valence-electron chi connectivity index (χ4n) is 4.65. The van der Waals surface area contributed by atoms with Crippen molar-refractivity contribution < 1.29 is 18.8 Å². The van der Waals surface area contributed by atoms with Crippen molar-refractivity contribution in [1.82, 2.24) is 16.0 Å². The molecule has 1 aliphatic heterocycles. The SMILES string of the molecule is CCCNC(=O)NCCCNC(=O)c1ccc(N2CCN(c3ccccc3C)CC2)c(NC(=O)c2ccco2)c1. The van der Waals surface area contributed by atoms with E-state index in [4.69, 9.17) is 4.42 Å². The van der Waals surface area contributed by atoms with Gasteiger partial charge in [0.1, 0.15) is 0 Å². The van der Waals surface area contributed by atoms with Crippen LogP contribution >= 0.6 is 0 Å². The van der Waals surface area contributed by atoms with Crippen LogP contribution in [-0.4, -0.2) is 63.7 Å². The summed E-state index contributed by atoms with van der Waals surface area (Å²) in [5, 5.41) is 11.3. The van der Waals surface area contributed by atoms with Gasteiger partial charge in [0.05, 0.1) is 17.6 Å². The van der Waals surface area contributed by atoms with Gasteiger partial charge in [0.2, 0.25) is 0 Å². The number of amides is 4. The monoisotopic (exact) mass is 546 g/mol. The largest absolute Gasteiger partial charge is 0.459 e. The number of piperazine rings is 1. The molecule has 4 amide bonds. The highest BCUT2D eigenvalue weighted by molar-refractivity contribution is 6.05. The van der Waals surface area contributed by atoms with Crippen LogP contribution in [0.5, 0.6) is 0 Å². The first-order valence-electron chi connectivity index (χ1n) is 13.8. The summed E-state index contributed by atoms with van der Waals surface area (Å²) in [4.78, 5) is 42.0. The molecule has 3 aromatic rings. The Labute approximate surface area is 235 Å². The van der Waals surface area contributed by atoms with Crippen LogP contribution in [0, 0.1) is 6.92 Å². The Bertz CT molecular complexity index is 1290. The van der Waals surface area contributed by atoms with Gasteiger partial charge >= 0.3 is 6.03 Å². The molecule has 0 aliphatic carbocycles. The summed E-state index contributed by atoms with van der Waals surface area (Å²) in [6.07, 6.45) is 2.92. The Morgan fingerprint density at radius 1 is 0.800 bits per heavy atom. The maximum atomic E-state index is 12.9. The van der Waals surface area contributed by atoms with E-state index in [2.05, 4.69) is 56.2 Å². The number of hydrogen-bond acceptors (Lipinski definition) is 6. The number of carbonyl (C=O) groups excluding carboxylic acids is 3. The molecular weight excluding hydrogens is 508 g/mol. The minimum Gasteiger partial charge on any atom is -0.459 e. The Balaban J connectivity index is 1.41. The number of nitrogens with one attached hydrogen (secondary N) is 4. The molecule has 1 aliphatic rings. The highest BCUT2D eigenvalue weighted by atomic mass is 16.3. The van der Waals surface area contributed by atoms with Crippen molar-refractivity contribution in [1.29, 1.82) is 0 Å². The Morgan fingerprint density at radius 3 is 2.20 bits per heavy atom. The highest BCUT2D eigenvalue weighted by Gasteiger charge is 2.23. The first-order valence-corrected chi connectivity index (χ1v) is 13.8. The van der Waals surface area contributed by atoms with Crippen LogP contribution < -0.4 is 31.1 Å². The van der Waals surface area contributed by atoms with Gasteiger partial charge in [-0.2, -0.15) is 0 Å².